The van der Waals surface area contributed by atoms with Crippen LogP contribution in [0.1, 0.15) is 22.8 Å². The molecule has 1 aromatic heterocycles. The summed E-state index contributed by atoms with van der Waals surface area (Å²) in [6.45, 7) is -0.300. The lowest BCUT2D eigenvalue weighted by atomic mass is 9.68. The number of aromatic amines is 1. The highest BCUT2D eigenvalue weighted by Gasteiger charge is 2.69. The van der Waals surface area contributed by atoms with Crippen molar-refractivity contribution < 1.29 is 14.4 Å². The number of aromatic nitrogens is 1. The Morgan fingerprint density at radius 2 is 1.74 bits per heavy atom. The number of thiazole rings is 1. The largest absolute Gasteiger partial charge is 0.325 e. The van der Waals surface area contributed by atoms with Crippen LogP contribution in [0, 0.1) is 29.6 Å². The fourth-order valence-corrected chi connectivity index (χ4v) is 10.5. The van der Waals surface area contributed by atoms with Crippen molar-refractivity contribution in [3.05, 3.63) is 78.7 Å². The minimum Gasteiger partial charge on any atom is -0.325 e. The summed E-state index contributed by atoms with van der Waals surface area (Å²) < 4.78 is 0. The number of hydrogen-bond donors (Lipinski definition) is 2. The zero-order valence-corrected chi connectivity index (χ0v) is 22.9. The van der Waals surface area contributed by atoms with E-state index in [9.17, 15) is 19.2 Å². The van der Waals surface area contributed by atoms with Gasteiger partial charge in [-0.25, -0.2) is 0 Å². The van der Waals surface area contributed by atoms with Crippen molar-refractivity contribution in [3.63, 3.8) is 0 Å². The summed E-state index contributed by atoms with van der Waals surface area (Å²) in [4.78, 5) is 57.3. The van der Waals surface area contributed by atoms with E-state index in [0.717, 1.165) is 26.8 Å². The Kier molecular flexibility index (Phi) is 5.78. The van der Waals surface area contributed by atoms with Crippen molar-refractivity contribution >= 4 is 69.7 Å². The maximum absolute atomic E-state index is 13.7. The number of rotatable bonds is 4. The van der Waals surface area contributed by atoms with Crippen molar-refractivity contribution in [2.45, 2.75) is 22.6 Å². The standard InChI is InChI=1S/C27H21Cl2N3O4S2/c28-15-8-4-7-12(21(15)29)17-18-13-9-14(22(18)37-24-23(17)38-27(36)31-24)20-19(13)25(34)32(26(20)35)10-16(33)30-11-5-2-1-3-6-11/h1-8,13-14,17-20,22H,9-10H2,(H,30,33)(H,31,36)/t13?,14?,17-,18?,19?,20?,22?/m1/s1. The molecule has 4 aliphatic rings. The Labute approximate surface area is 235 Å². The zero-order chi connectivity index (χ0) is 26.3. The molecule has 7 atom stereocenters. The molecule has 7 nitrogen and oxygen atoms in total. The molecule has 0 radical (unpaired) electrons. The molecule has 11 heteroatoms. The number of hydrogen-bond acceptors (Lipinski definition) is 6. The molecule has 2 N–H and O–H groups in total. The van der Waals surface area contributed by atoms with E-state index in [-0.39, 0.29) is 52.2 Å². The quantitative estimate of drug-likeness (QED) is 0.426. The summed E-state index contributed by atoms with van der Waals surface area (Å²) >= 11 is 15.9. The Morgan fingerprint density at radius 1 is 1.00 bits per heavy atom. The summed E-state index contributed by atoms with van der Waals surface area (Å²) in [5.74, 6) is -2.16. The van der Waals surface area contributed by atoms with Crippen LogP contribution < -0.4 is 10.2 Å². The van der Waals surface area contributed by atoms with Gasteiger partial charge in [0.15, 0.2) is 0 Å². The van der Waals surface area contributed by atoms with Crippen LogP contribution in [0.5, 0.6) is 0 Å². The van der Waals surface area contributed by atoms with E-state index in [1.54, 1.807) is 42.1 Å². The molecule has 3 heterocycles. The first kappa shape index (κ1) is 24.5. The summed E-state index contributed by atoms with van der Waals surface area (Å²) in [7, 11) is 0. The Bertz CT molecular complexity index is 1560. The Morgan fingerprint density at radius 3 is 2.50 bits per heavy atom. The van der Waals surface area contributed by atoms with E-state index in [2.05, 4.69) is 10.3 Å². The van der Waals surface area contributed by atoms with Gasteiger partial charge in [-0.3, -0.25) is 24.1 Å². The third-order valence-corrected chi connectivity index (χ3v) is 11.9. The van der Waals surface area contributed by atoms with Crippen LogP contribution in [0.25, 0.3) is 0 Å². The van der Waals surface area contributed by atoms with Gasteiger partial charge in [0.2, 0.25) is 17.7 Å². The highest BCUT2D eigenvalue weighted by Crippen LogP contribution is 2.68. The normalized spacial score (nSPS) is 30.8. The molecule has 2 aromatic carbocycles. The number of carbonyl (C=O) groups excluding carboxylic acids is 3. The molecule has 0 spiro atoms. The van der Waals surface area contributed by atoms with Gasteiger partial charge in [-0.15, -0.1) is 11.8 Å². The molecule has 1 saturated heterocycles. The third-order valence-electron chi connectivity index (χ3n) is 8.49. The fourth-order valence-electron chi connectivity index (χ4n) is 7.21. The molecule has 2 aliphatic carbocycles. The fraction of sp³-hybridized carbons (Fsp3) is 0.333. The summed E-state index contributed by atoms with van der Waals surface area (Å²) in [5.41, 5.74) is 1.45. The molecule has 3 amide bonds. The van der Waals surface area contributed by atoms with Gasteiger partial charge < -0.3 is 10.3 Å². The maximum atomic E-state index is 13.7. The first-order valence-corrected chi connectivity index (χ1v) is 14.8. The lowest BCUT2D eigenvalue weighted by Crippen LogP contribution is -2.42. The highest BCUT2D eigenvalue weighted by atomic mass is 35.5. The molecule has 38 heavy (non-hydrogen) atoms. The molecule has 2 bridgehead atoms. The van der Waals surface area contributed by atoms with Crippen molar-refractivity contribution in [1.29, 1.82) is 0 Å². The number of fused-ring (bicyclic) bond motifs is 9. The van der Waals surface area contributed by atoms with E-state index in [0.29, 0.717) is 15.7 Å². The molecule has 194 valence electrons. The monoisotopic (exact) mass is 585 g/mol. The molecule has 6 unspecified atom stereocenters. The Balaban J connectivity index is 1.23. The average molecular weight is 587 g/mol. The van der Waals surface area contributed by atoms with E-state index in [1.165, 1.54) is 11.3 Å². The number of para-hydroxylation sites is 1. The van der Waals surface area contributed by atoms with E-state index in [4.69, 9.17) is 23.2 Å². The second kappa shape index (κ2) is 8.98. The molecule has 3 aromatic rings. The van der Waals surface area contributed by atoms with Crippen LogP contribution in [0.3, 0.4) is 0 Å². The number of imide groups is 1. The number of benzene rings is 2. The van der Waals surface area contributed by atoms with Crippen LogP contribution in [-0.4, -0.2) is 39.4 Å². The van der Waals surface area contributed by atoms with E-state index < -0.39 is 17.7 Å². The minimum absolute atomic E-state index is 0.0102. The van der Waals surface area contributed by atoms with Gasteiger partial charge in [-0.1, -0.05) is 64.9 Å². The summed E-state index contributed by atoms with van der Waals surface area (Å²) in [6.07, 6.45) is 0.757. The molecular formula is C27H21Cl2N3O4S2. The minimum atomic E-state index is -0.475. The number of nitrogens with zero attached hydrogens (tertiary/aromatic N) is 1. The van der Waals surface area contributed by atoms with Crippen LogP contribution in [0.2, 0.25) is 10.0 Å². The number of nitrogens with one attached hydrogen (secondary N) is 2. The number of anilines is 1. The maximum Gasteiger partial charge on any atom is 0.305 e. The van der Waals surface area contributed by atoms with Gasteiger partial charge >= 0.3 is 4.87 Å². The molecular weight excluding hydrogens is 565 g/mol. The van der Waals surface area contributed by atoms with Crippen LogP contribution >= 0.6 is 46.3 Å². The number of likely N-dealkylation sites (tertiary alicyclic amines) is 1. The molecule has 2 saturated carbocycles. The number of halogens is 2. The number of carbonyl (C=O) groups is 3. The van der Waals surface area contributed by atoms with Gasteiger partial charge in [-0.05, 0) is 47.9 Å². The lowest BCUT2D eigenvalue weighted by molar-refractivity contribution is -0.143. The van der Waals surface area contributed by atoms with Gasteiger partial charge in [0.1, 0.15) is 6.54 Å². The first-order valence-electron chi connectivity index (χ1n) is 12.4. The van der Waals surface area contributed by atoms with E-state index in [1.807, 2.05) is 18.2 Å². The van der Waals surface area contributed by atoms with Gasteiger partial charge in [0, 0.05) is 21.7 Å². The van der Waals surface area contributed by atoms with Crippen molar-refractivity contribution in [2.24, 2.45) is 29.6 Å². The molecule has 7 rings (SSSR count). The van der Waals surface area contributed by atoms with E-state index >= 15 is 0 Å². The van der Waals surface area contributed by atoms with Gasteiger partial charge in [0.05, 0.1) is 26.9 Å². The van der Waals surface area contributed by atoms with Crippen LogP contribution in [0.4, 0.5) is 5.69 Å². The van der Waals surface area contributed by atoms with Crippen LogP contribution in [0.15, 0.2) is 58.4 Å². The summed E-state index contributed by atoms with van der Waals surface area (Å²) in [6, 6.07) is 14.5. The second-order valence-corrected chi connectivity index (χ2v) is 13.3. The molecule has 2 aliphatic heterocycles. The number of thioether (sulfide) groups is 1. The SMILES string of the molecule is O=C(CN1C(=O)C2C3CC(C2C1=O)C1C3Sc2[nH]c(=O)sc2[C@@H]1c1cccc(Cl)c1Cl)Nc1ccccc1. The number of H-pyrrole nitrogens is 1. The zero-order valence-electron chi connectivity index (χ0n) is 19.7. The van der Waals surface area contributed by atoms with Crippen molar-refractivity contribution in [3.8, 4) is 0 Å². The predicted molar refractivity (Wildman–Crippen MR) is 147 cm³/mol. The lowest BCUT2D eigenvalue weighted by Gasteiger charge is -2.43. The van der Waals surface area contributed by atoms with Gasteiger partial charge in [-0.2, -0.15) is 0 Å². The molecule has 3 fully saturated rings. The topological polar surface area (TPSA) is 99.3 Å². The highest BCUT2D eigenvalue weighted by molar-refractivity contribution is 8.00. The average Bonchev–Trinajstić information content (AvgIpc) is 3.62. The van der Waals surface area contributed by atoms with Crippen LogP contribution in [-0.2, 0) is 14.4 Å². The second-order valence-electron chi connectivity index (χ2n) is 10.3. The Hall–Kier alpha value is -2.59. The predicted octanol–water partition coefficient (Wildman–Crippen LogP) is 4.86. The smallest absolute Gasteiger partial charge is 0.305 e. The summed E-state index contributed by atoms with van der Waals surface area (Å²) in [5, 5.41) is 4.50. The first-order chi connectivity index (χ1) is 18.3. The number of amides is 3. The van der Waals surface area contributed by atoms with Gasteiger partial charge in [0.25, 0.3) is 0 Å². The third kappa shape index (κ3) is 3.55. The van der Waals surface area contributed by atoms with Crippen molar-refractivity contribution in [1.82, 2.24) is 9.88 Å². The van der Waals surface area contributed by atoms with Crippen molar-refractivity contribution in [2.75, 3.05) is 11.9 Å².